The van der Waals surface area contributed by atoms with Crippen LogP contribution in [-0.2, 0) is 4.79 Å². The number of anilines is 1. The lowest BCUT2D eigenvalue weighted by atomic mass is 10.1. The van der Waals surface area contributed by atoms with Crippen molar-refractivity contribution in [1.29, 1.82) is 0 Å². The van der Waals surface area contributed by atoms with Gasteiger partial charge in [-0.15, -0.1) is 0 Å². The minimum Gasteiger partial charge on any atom is -0.326 e. The molecule has 2 aromatic carbocycles. The summed E-state index contributed by atoms with van der Waals surface area (Å²) >= 11 is 1.23. The lowest BCUT2D eigenvalue weighted by Crippen LogP contribution is -2.09. The summed E-state index contributed by atoms with van der Waals surface area (Å²) in [4.78, 5) is 39.9. The van der Waals surface area contributed by atoms with E-state index in [2.05, 4.69) is 10.3 Å². The fraction of sp³-hybridized carbons (Fsp3) is 0.158. The molecule has 132 valence electrons. The second-order valence-corrected chi connectivity index (χ2v) is 6.65. The van der Waals surface area contributed by atoms with Crippen molar-refractivity contribution in [3.63, 3.8) is 0 Å². The van der Waals surface area contributed by atoms with Crippen molar-refractivity contribution in [3.05, 3.63) is 54.1 Å². The van der Waals surface area contributed by atoms with Gasteiger partial charge in [-0.2, -0.15) is 0 Å². The summed E-state index contributed by atoms with van der Waals surface area (Å²) in [5, 5.41) is 3.16. The van der Waals surface area contributed by atoms with E-state index in [1.54, 1.807) is 24.3 Å². The van der Waals surface area contributed by atoms with E-state index in [1.807, 2.05) is 24.3 Å². The van der Waals surface area contributed by atoms with Crippen molar-refractivity contribution in [3.8, 4) is 0 Å². The average molecular weight is 367 g/mol. The number of nitrogens with zero attached hydrogens (tertiary/aromatic N) is 2. The minimum atomic E-state index is -0.164. The van der Waals surface area contributed by atoms with E-state index in [9.17, 15) is 14.4 Å². The summed E-state index contributed by atoms with van der Waals surface area (Å²) in [6.45, 7) is 2.90. The summed E-state index contributed by atoms with van der Waals surface area (Å²) in [7, 11) is 0. The molecule has 3 aromatic rings. The molecule has 6 nitrogen and oxygen atoms in total. The van der Waals surface area contributed by atoms with Crippen molar-refractivity contribution in [1.82, 2.24) is 9.55 Å². The lowest BCUT2D eigenvalue weighted by Gasteiger charge is -2.05. The van der Waals surface area contributed by atoms with Gasteiger partial charge in [0.05, 0.1) is 16.8 Å². The second kappa shape index (κ2) is 7.53. The molecule has 0 aliphatic rings. The van der Waals surface area contributed by atoms with Crippen LogP contribution in [0.3, 0.4) is 0 Å². The molecule has 0 radical (unpaired) electrons. The first-order valence-electron chi connectivity index (χ1n) is 7.98. The van der Waals surface area contributed by atoms with Crippen LogP contribution in [0.25, 0.3) is 11.0 Å². The number of aromatic nitrogens is 2. The van der Waals surface area contributed by atoms with E-state index >= 15 is 0 Å². The van der Waals surface area contributed by atoms with Crippen molar-refractivity contribution in [2.24, 2.45) is 0 Å². The number of benzene rings is 2. The molecule has 26 heavy (non-hydrogen) atoms. The number of amides is 1. The van der Waals surface area contributed by atoms with Crippen LogP contribution in [0.4, 0.5) is 5.69 Å². The number of Topliss-reactive ketones (excluding diaryl/α,β-unsaturated/α-hetero) is 1. The maximum absolute atomic E-state index is 12.4. The first-order valence-corrected chi connectivity index (χ1v) is 8.96. The Hall–Kier alpha value is -2.93. The predicted molar refractivity (Wildman–Crippen MR) is 102 cm³/mol. The van der Waals surface area contributed by atoms with Crippen LogP contribution in [-0.4, -0.2) is 32.9 Å². The second-order valence-electron chi connectivity index (χ2n) is 5.71. The molecular formula is C19H17N3O3S. The molecular weight excluding hydrogens is 350 g/mol. The summed E-state index contributed by atoms with van der Waals surface area (Å²) in [6.07, 6.45) is 0. The Morgan fingerprint density at radius 2 is 1.73 bits per heavy atom. The first-order chi connectivity index (χ1) is 12.5. The standard InChI is InChI=1S/C19H17N3O3S/c1-12(23)20-15-9-7-14(8-10-15)18(25)11-26-19-21-16-5-3-4-6-17(16)22(19)13(2)24/h3-10H,11H2,1-2H3,(H,20,23). The van der Waals surface area contributed by atoms with Gasteiger partial charge in [0.15, 0.2) is 10.9 Å². The van der Waals surface area contributed by atoms with Crippen LogP contribution in [0.15, 0.2) is 53.7 Å². The molecule has 1 aromatic heterocycles. The molecule has 0 saturated heterocycles. The molecule has 0 aliphatic carbocycles. The van der Waals surface area contributed by atoms with E-state index in [4.69, 9.17) is 0 Å². The van der Waals surface area contributed by atoms with Gasteiger partial charge in [-0.3, -0.25) is 19.0 Å². The van der Waals surface area contributed by atoms with Crippen LogP contribution in [0.2, 0.25) is 0 Å². The third-order valence-electron chi connectivity index (χ3n) is 3.70. The van der Waals surface area contributed by atoms with E-state index < -0.39 is 0 Å². The predicted octanol–water partition coefficient (Wildman–Crippen LogP) is 3.63. The molecule has 0 unspecified atom stereocenters. The normalized spacial score (nSPS) is 10.7. The summed E-state index contributed by atoms with van der Waals surface area (Å²) in [5.74, 6) is -0.224. The van der Waals surface area contributed by atoms with Gasteiger partial charge in [0.25, 0.3) is 0 Å². The van der Waals surface area contributed by atoms with E-state index in [0.29, 0.717) is 16.4 Å². The summed E-state index contributed by atoms with van der Waals surface area (Å²) in [5.41, 5.74) is 2.63. The van der Waals surface area contributed by atoms with Gasteiger partial charge in [0.2, 0.25) is 11.8 Å². The quantitative estimate of drug-likeness (QED) is 0.550. The van der Waals surface area contributed by atoms with Gasteiger partial charge < -0.3 is 5.32 Å². The largest absolute Gasteiger partial charge is 0.326 e. The highest BCUT2D eigenvalue weighted by Crippen LogP contribution is 2.25. The van der Waals surface area contributed by atoms with Gasteiger partial charge in [-0.05, 0) is 36.4 Å². The Morgan fingerprint density at radius 1 is 1.04 bits per heavy atom. The monoisotopic (exact) mass is 367 g/mol. The van der Waals surface area contributed by atoms with Crippen molar-refractivity contribution >= 4 is 46.1 Å². The van der Waals surface area contributed by atoms with Gasteiger partial charge >= 0.3 is 0 Å². The topological polar surface area (TPSA) is 81.1 Å². The average Bonchev–Trinajstić information content (AvgIpc) is 2.98. The molecule has 0 bridgehead atoms. The number of carbonyl (C=O) groups excluding carboxylic acids is 3. The molecule has 1 heterocycles. The highest BCUT2D eigenvalue weighted by Gasteiger charge is 2.16. The Morgan fingerprint density at radius 3 is 2.38 bits per heavy atom. The van der Waals surface area contributed by atoms with Gasteiger partial charge in [-0.1, -0.05) is 23.9 Å². The van der Waals surface area contributed by atoms with Gasteiger partial charge in [0, 0.05) is 25.1 Å². The number of carbonyl (C=O) groups is 3. The lowest BCUT2D eigenvalue weighted by molar-refractivity contribution is -0.114. The van der Waals surface area contributed by atoms with Gasteiger partial charge in [0.1, 0.15) is 0 Å². The van der Waals surface area contributed by atoms with Crippen molar-refractivity contribution < 1.29 is 14.4 Å². The van der Waals surface area contributed by atoms with Crippen molar-refractivity contribution in [2.45, 2.75) is 19.0 Å². The Labute approximate surface area is 154 Å². The van der Waals surface area contributed by atoms with Crippen LogP contribution < -0.4 is 5.32 Å². The third kappa shape index (κ3) is 3.83. The fourth-order valence-electron chi connectivity index (χ4n) is 2.56. The summed E-state index contributed by atoms with van der Waals surface area (Å²) < 4.78 is 1.52. The zero-order valence-corrected chi connectivity index (χ0v) is 15.2. The van der Waals surface area contributed by atoms with Crippen LogP contribution >= 0.6 is 11.8 Å². The van der Waals surface area contributed by atoms with E-state index in [-0.39, 0.29) is 23.4 Å². The van der Waals surface area contributed by atoms with E-state index in [0.717, 1.165) is 11.0 Å². The maximum atomic E-state index is 12.4. The molecule has 0 atom stereocenters. The molecule has 1 amide bonds. The fourth-order valence-corrected chi connectivity index (χ4v) is 3.51. The van der Waals surface area contributed by atoms with Crippen molar-refractivity contribution in [2.75, 3.05) is 11.1 Å². The van der Waals surface area contributed by atoms with Crippen LogP contribution in [0.5, 0.6) is 0 Å². The number of hydrogen-bond acceptors (Lipinski definition) is 5. The number of nitrogens with one attached hydrogen (secondary N) is 1. The number of hydrogen-bond donors (Lipinski definition) is 1. The molecule has 3 rings (SSSR count). The molecule has 0 aliphatic heterocycles. The zero-order chi connectivity index (χ0) is 18.7. The number of fused-ring (bicyclic) bond motifs is 1. The Balaban J connectivity index is 1.75. The number of rotatable bonds is 5. The number of thioether (sulfide) groups is 1. The SMILES string of the molecule is CC(=O)Nc1ccc(C(=O)CSc2nc3ccccc3n2C(C)=O)cc1. The molecule has 0 spiro atoms. The molecule has 1 N–H and O–H groups in total. The molecule has 0 fully saturated rings. The number of ketones is 1. The maximum Gasteiger partial charge on any atom is 0.230 e. The number of para-hydroxylation sites is 2. The molecule has 7 heteroatoms. The summed E-state index contributed by atoms with van der Waals surface area (Å²) in [6, 6.07) is 14.1. The first kappa shape index (κ1) is 17.9. The van der Waals surface area contributed by atoms with E-state index in [1.165, 1.54) is 30.2 Å². The Kier molecular flexibility index (Phi) is 5.18. The highest BCUT2D eigenvalue weighted by molar-refractivity contribution is 7.99. The number of imidazole rings is 1. The Bertz CT molecular complexity index is 993. The third-order valence-corrected chi connectivity index (χ3v) is 4.64. The van der Waals surface area contributed by atoms with Gasteiger partial charge in [-0.25, -0.2) is 4.98 Å². The highest BCUT2D eigenvalue weighted by atomic mass is 32.2. The molecule has 0 saturated carbocycles. The van der Waals surface area contributed by atoms with Crippen LogP contribution in [0, 0.1) is 0 Å². The smallest absolute Gasteiger partial charge is 0.230 e. The minimum absolute atomic E-state index is 0.0773. The van der Waals surface area contributed by atoms with Crippen LogP contribution in [0.1, 0.15) is 29.0 Å². The zero-order valence-electron chi connectivity index (χ0n) is 14.4.